The zero-order valence-corrected chi connectivity index (χ0v) is 11.4. The van der Waals surface area contributed by atoms with E-state index in [1.54, 1.807) is 12.4 Å². The third-order valence-corrected chi connectivity index (χ3v) is 3.20. The average Bonchev–Trinajstić information content (AvgIpc) is 3.14. The summed E-state index contributed by atoms with van der Waals surface area (Å²) in [6, 6.07) is 0.430. The van der Waals surface area contributed by atoms with Crippen LogP contribution in [-0.2, 0) is 0 Å². The van der Waals surface area contributed by atoms with E-state index in [1.807, 2.05) is 11.8 Å². The molecule has 0 atom stereocenters. The molecule has 1 heterocycles. The summed E-state index contributed by atoms with van der Waals surface area (Å²) in [7, 11) is 0. The highest BCUT2D eigenvalue weighted by molar-refractivity contribution is 5.92. The van der Waals surface area contributed by atoms with Crippen molar-refractivity contribution in [2.75, 3.05) is 6.54 Å². The number of aryl methyl sites for hydroxylation is 1. The van der Waals surface area contributed by atoms with Crippen molar-refractivity contribution in [2.45, 2.75) is 46.1 Å². The van der Waals surface area contributed by atoms with Crippen LogP contribution in [0.2, 0.25) is 0 Å². The number of amides is 1. The van der Waals surface area contributed by atoms with E-state index in [0.717, 1.165) is 31.5 Å². The van der Waals surface area contributed by atoms with Crippen LogP contribution >= 0.6 is 0 Å². The summed E-state index contributed by atoms with van der Waals surface area (Å²) in [5.74, 6) is 0.647. The summed E-state index contributed by atoms with van der Waals surface area (Å²) in [6.07, 6.45) is 6.54. The molecule has 4 nitrogen and oxygen atoms in total. The third kappa shape index (κ3) is 3.28. The van der Waals surface area contributed by atoms with Crippen molar-refractivity contribution in [1.29, 1.82) is 0 Å². The number of aromatic nitrogens is 2. The Morgan fingerprint density at radius 3 is 2.61 bits per heavy atom. The van der Waals surface area contributed by atoms with Gasteiger partial charge >= 0.3 is 0 Å². The maximum absolute atomic E-state index is 12.4. The van der Waals surface area contributed by atoms with Crippen LogP contribution in [0.3, 0.4) is 0 Å². The molecule has 1 saturated carbocycles. The lowest BCUT2D eigenvalue weighted by Gasteiger charge is -2.22. The molecule has 0 bridgehead atoms. The normalized spacial score (nSPS) is 14.9. The van der Waals surface area contributed by atoms with Gasteiger partial charge in [0.2, 0.25) is 0 Å². The standard InChI is InChI=1S/C14H21N3O/c1-10(2)6-7-17(12-4-5-12)14(18)13-9-15-11(3)8-16-13/h8-10,12H,4-7H2,1-3H3. The fraction of sp³-hybridized carbons (Fsp3) is 0.643. The molecular weight excluding hydrogens is 226 g/mol. The van der Waals surface area contributed by atoms with Crippen LogP contribution < -0.4 is 0 Å². The number of hydrogen-bond acceptors (Lipinski definition) is 3. The summed E-state index contributed by atoms with van der Waals surface area (Å²) in [5.41, 5.74) is 1.31. The SMILES string of the molecule is Cc1cnc(C(=O)N(CCC(C)C)C2CC2)cn1. The zero-order chi connectivity index (χ0) is 13.1. The Balaban J connectivity index is 2.05. The Morgan fingerprint density at radius 1 is 1.39 bits per heavy atom. The quantitative estimate of drug-likeness (QED) is 0.802. The monoisotopic (exact) mass is 247 g/mol. The molecule has 1 aromatic heterocycles. The molecule has 4 heteroatoms. The minimum Gasteiger partial charge on any atom is -0.334 e. The highest BCUT2D eigenvalue weighted by Crippen LogP contribution is 2.28. The van der Waals surface area contributed by atoms with Gasteiger partial charge in [0.05, 0.1) is 11.9 Å². The van der Waals surface area contributed by atoms with Gasteiger partial charge < -0.3 is 4.90 Å². The van der Waals surface area contributed by atoms with Gasteiger partial charge in [0, 0.05) is 18.8 Å². The maximum atomic E-state index is 12.4. The molecule has 0 aromatic carbocycles. The first-order valence-corrected chi connectivity index (χ1v) is 6.67. The van der Waals surface area contributed by atoms with Gasteiger partial charge in [-0.2, -0.15) is 0 Å². The van der Waals surface area contributed by atoms with Gasteiger partial charge in [0.15, 0.2) is 0 Å². The summed E-state index contributed by atoms with van der Waals surface area (Å²) in [5, 5.41) is 0. The average molecular weight is 247 g/mol. The van der Waals surface area contributed by atoms with Crippen LogP contribution in [0.5, 0.6) is 0 Å². The van der Waals surface area contributed by atoms with Crippen molar-refractivity contribution in [3.63, 3.8) is 0 Å². The lowest BCUT2D eigenvalue weighted by Crippen LogP contribution is -2.35. The number of carbonyl (C=O) groups excluding carboxylic acids is 1. The largest absolute Gasteiger partial charge is 0.334 e. The van der Waals surface area contributed by atoms with Gasteiger partial charge in [-0.1, -0.05) is 13.8 Å². The first-order valence-electron chi connectivity index (χ1n) is 6.67. The third-order valence-electron chi connectivity index (χ3n) is 3.20. The van der Waals surface area contributed by atoms with E-state index in [0.29, 0.717) is 17.7 Å². The van der Waals surface area contributed by atoms with Gasteiger partial charge in [0.1, 0.15) is 5.69 Å². The van der Waals surface area contributed by atoms with Gasteiger partial charge in [-0.15, -0.1) is 0 Å². The minimum absolute atomic E-state index is 0.0330. The Labute approximate surface area is 108 Å². The van der Waals surface area contributed by atoms with E-state index < -0.39 is 0 Å². The van der Waals surface area contributed by atoms with E-state index in [9.17, 15) is 4.79 Å². The molecule has 0 N–H and O–H groups in total. The van der Waals surface area contributed by atoms with Crippen LogP contribution in [0.4, 0.5) is 0 Å². The van der Waals surface area contributed by atoms with Crippen molar-refractivity contribution >= 4 is 5.91 Å². The molecule has 1 amide bonds. The summed E-state index contributed by atoms with van der Waals surface area (Å²) < 4.78 is 0. The minimum atomic E-state index is 0.0330. The lowest BCUT2D eigenvalue weighted by atomic mass is 10.1. The topological polar surface area (TPSA) is 46.1 Å². The van der Waals surface area contributed by atoms with Gasteiger partial charge in [-0.25, -0.2) is 4.98 Å². The Morgan fingerprint density at radius 2 is 2.11 bits per heavy atom. The molecule has 98 valence electrons. The highest BCUT2D eigenvalue weighted by Gasteiger charge is 2.33. The van der Waals surface area contributed by atoms with Crippen LogP contribution in [-0.4, -0.2) is 33.4 Å². The number of rotatable bonds is 5. The molecule has 0 unspecified atom stereocenters. The van der Waals surface area contributed by atoms with E-state index in [4.69, 9.17) is 0 Å². The van der Waals surface area contributed by atoms with Crippen molar-refractivity contribution in [2.24, 2.45) is 5.92 Å². The molecule has 1 fully saturated rings. The van der Waals surface area contributed by atoms with Gasteiger partial charge in [-0.05, 0) is 32.1 Å². The van der Waals surface area contributed by atoms with E-state index in [1.165, 1.54) is 0 Å². The molecule has 1 aliphatic rings. The second-order valence-corrected chi connectivity index (χ2v) is 5.46. The molecule has 18 heavy (non-hydrogen) atoms. The van der Waals surface area contributed by atoms with E-state index in [-0.39, 0.29) is 5.91 Å². The predicted molar refractivity (Wildman–Crippen MR) is 70.3 cm³/mol. The Hall–Kier alpha value is -1.45. The van der Waals surface area contributed by atoms with E-state index in [2.05, 4.69) is 23.8 Å². The molecule has 0 aliphatic heterocycles. The number of carbonyl (C=O) groups is 1. The number of hydrogen-bond donors (Lipinski definition) is 0. The molecule has 0 saturated heterocycles. The second kappa shape index (κ2) is 5.46. The van der Waals surface area contributed by atoms with Crippen molar-refractivity contribution in [3.8, 4) is 0 Å². The highest BCUT2D eigenvalue weighted by atomic mass is 16.2. The van der Waals surface area contributed by atoms with E-state index >= 15 is 0 Å². The first-order chi connectivity index (χ1) is 8.58. The fourth-order valence-corrected chi connectivity index (χ4v) is 1.88. The number of nitrogens with zero attached hydrogens (tertiary/aromatic N) is 3. The second-order valence-electron chi connectivity index (χ2n) is 5.46. The molecule has 1 aromatic rings. The maximum Gasteiger partial charge on any atom is 0.274 e. The predicted octanol–water partition coefficient (Wildman–Crippen LogP) is 2.44. The summed E-state index contributed by atoms with van der Waals surface area (Å²) >= 11 is 0. The fourth-order valence-electron chi connectivity index (χ4n) is 1.88. The molecule has 0 spiro atoms. The Kier molecular flexibility index (Phi) is 3.94. The van der Waals surface area contributed by atoms with Crippen LogP contribution in [0.15, 0.2) is 12.4 Å². The molecule has 1 aliphatic carbocycles. The Bertz CT molecular complexity index is 410. The summed E-state index contributed by atoms with van der Waals surface area (Å²) in [6.45, 7) is 7.07. The molecular formula is C14H21N3O. The smallest absolute Gasteiger partial charge is 0.274 e. The van der Waals surface area contributed by atoms with Crippen LogP contribution in [0.25, 0.3) is 0 Å². The first kappa shape index (κ1) is 13.0. The lowest BCUT2D eigenvalue weighted by molar-refractivity contribution is 0.0729. The summed E-state index contributed by atoms with van der Waals surface area (Å²) in [4.78, 5) is 22.7. The van der Waals surface area contributed by atoms with Gasteiger partial charge in [0.25, 0.3) is 5.91 Å². The van der Waals surface area contributed by atoms with Gasteiger partial charge in [-0.3, -0.25) is 9.78 Å². The van der Waals surface area contributed by atoms with Crippen molar-refractivity contribution in [3.05, 3.63) is 23.8 Å². The van der Waals surface area contributed by atoms with Crippen molar-refractivity contribution < 1.29 is 4.79 Å². The van der Waals surface area contributed by atoms with Crippen LogP contribution in [0.1, 0.15) is 49.3 Å². The molecule has 2 rings (SSSR count). The zero-order valence-electron chi connectivity index (χ0n) is 11.4. The molecule has 0 radical (unpaired) electrons. The van der Waals surface area contributed by atoms with Crippen LogP contribution in [0, 0.1) is 12.8 Å². The van der Waals surface area contributed by atoms with Crippen molar-refractivity contribution in [1.82, 2.24) is 14.9 Å².